The van der Waals surface area contributed by atoms with Gasteiger partial charge in [0.2, 0.25) is 5.91 Å². The zero-order valence-corrected chi connectivity index (χ0v) is 14.9. The maximum atomic E-state index is 13.8. The molecular formula is C17H18BrFN4O. The average Bonchev–Trinajstić information content (AvgIpc) is 2.58. The molecule has 1 saturated heterocycles. The van der Waals surface area contributed by atoms with Crippen LogP contribution < -0.4 is 10.2 Å². The van der Waals surface area contributed by atoms with Gasteiger partial charge in [0.05, 0.1) is 11.4 Å². The van der Waals surface area contributed by atoms with Gasteiger partial charge in [-0.3, -0.25) is 4.79 Å². The second-order valence-electron chi connectivity index (χ2n) is 5.91. The van der Waals surface area contributed by atoms with Crippen LogP contribution in [0.4, 0.5) is 15.9 Å². The minimum atomic E-state index is -0.440. The molecule has 5 nitrogen and oxygen atoms in total. The fourth-order valence-corrected chi connectivity index (χ4v) is 3.09. The van der Waals surface area contributed by atoms with Crippen molar-refractivity contribution in [1.29, 1.82) is 0 Å². The van der Waals surface area contributed by atoms with Crippen molar-refractivity contribution in [2.24, 2.45) is 5.92 Å². The monoisotopic (exact) mass is 392 g/mol. The van der Waals surface area contributed by atoms with Crippen molar-refractivity contribution < 1.29 is 9.18 Å². The van der Waals surface area contributed by atoms with Gasteiger partial charge in [0.15, 0.2) is 5.82 Å². The van der Waals surface area contributed by atoms with Crippen LogP contribution >= 0.6 is 15.9 Å². The van der Waals surface area contributed by atoms with E-state index in [1.165, 1.54) is 6.07 Å². The molecule has 1 aliphatic rings. The molecule has 1 aromatic heterocycles. The van der Waals surface area contributed by atoms with Crippen LogP contribution in [-0.2, 0) is 4.79 Å². The quantitative estimate of drug-likeness (QED) is 0.867. The van der Waals surface area contributed by atoms with Gasteiger partial charge in [-0.05, 0) is 50.1 Å². The van der Waals surface area contributed by atoms with Crippen molar-refractivity contribution in [2.45, 2.75) is 19.8 Å². The Labute approximate surface area is 148 Å². The highest BCUT2D eigenvalue weighted by Crippen LogP contribution is 2.24. The van der Waals surface area contributed by atoms with Gasteiger partial charge < -0.3 is 10.2 Å². The second kappa shape index (κ2) is 7.25. The summed E-state index contributed by atoms with van der Waals surface area (Å²) in [6.45, 7) is 3.37. The number of carbonyl (C=O) groups is 1. The summed E-state index contributed by atoms with van der Waals surface area (Å²) in [5, 5.41) is 10.9. The van der Waals surface area contributed by atoms with Crippen molar-refractivity contribution in [2.75, 3.05) is 23.3 Å². The Morgan fingerprint density at radius 2 is 2.00 bits per heavy atom. The third-order valence-electron chi connectivity index (χ3n) is 4.16. The normalized spacial score (nSPS) is 15.4. The van der Waals surface area contributed by atoms with E-state index < -0.39 is 5.82 Å². The van der Waals surface area contributed by atoms with E-state index in [1.54, 1.807) is 12.1 Å². The Morgan fingerprint density at radius 1 is 1.25 bits per heavy atom. The highest BCUT2D eigenvalue weighted by atomic mass is 79.9. The molecule has 7 heteroatoms. The first-order valence-electron chi connectivity index (χ1n) is 7.84. The van der Waals surface area contributed by atoms with E-state index in [0.29, 0.717) is 17.3 Å². The molecule has 1 fully saturated rings. The number of halogens is 2. The Hall–Kier alpha value is -2.02. The lowest BCUT2D eigenvalue weighted by atomic mass is 9.96. The number of rotatable bonds is 3. The maximum Gasteiger partial charge on any atom is 0.227 e. The first-order valence-corrected chi connectivity index (χ1v) is 8.63. The number of carbonyl (C=O) groups excluding carboxylic acids is 1. The molecule has 0 spiro atoms. The van der Waals surface area contributed by atoms with E-state index in [0.717, 1.165) is 24.6 Å². The standard InChI is InChI=1S/C17H18BrFN4O/c1-11-2-5-16(22-21-11)23-8-6-12(7-9-23)17(24)20-15-4-3-13(18)10-14(15)19/h2-5,10,12H,6-9H2,1H3,(H,20,24). The Morgan fingerprint density at radius 3 is 2.62 bits per heavy atom. The second-order valence-corrected chi connectivity index (χ2v) is 6.82. The Balaban J connectivity index is 1.58. The summed E-state index contributed by atoms with van der Waals surface area (Å²) in [6.07, 6.45) is 1.42. The first-order chi connectivity index (χ1) is 11.5. The number of aryl methyl sites for hydroxylation is 1. The lowest BCUT2D eigenvalue weighted by Crippen LogP contribution is -2.38. The van der Waals surface area contributed by atoms with Gasteiger partial charge in [0.25, 0.3) is 0 Å². The van der Waals surface area contributed by atoms with Gasteiger partial charge in [-0.2, -0.15) is 5.10 Å². The van der Waals surface area contributed by atoms with Gasteiger partial charge >= 0.3 is 0 Å². The molecule has 2 heterocycles. The number of amides is 1. The van der Waals surface area contributed by atoms with Gasteiger partial charge in [0, 0.05) is 23.5 Å². The van der Waals surface area contributed by atoms with Crippen LogP contribution in [0.1, 0.15) is 18.5 Å². The van der Waals surface area contributed by atoms with Crippen LogP contribution in [0.2, 0.25) is 0 Å². The number of hydrogen-bond donors (Lipinski definition) is 1. The predicted molar refractivity (Wildman–Crippen MR) is 94.4 cm³/mol. The van der Waals surface area contributed by atoms with E-state index in [4.69, 9.17) is 0 Å². The zero-order valence-electron chi connectivity index (χ0n) is 13.3. The summed E-state index contributed by atoms with van der Waals surface area (Å²) >= 11 is 3.20. The molecular weight excluding hydrogens is 375 g/mol. The van der Waals surface area contributed by atoms with Crippen molar-refractivity contribution in [3.8, 4) is 0 Å². The van der Waals surface area contributed by atoms with Crippen LogP contribution in [0.3, 0.4) is 0 Å². The summed E-state index contributed by atoms with van der Waals surface area (Å²) in [5.74, 6) is 0.136. The average molecular weight is 393 g/mol. The summed E-state index contributed by atoms with van der Waals surface area (Å²) in [4.78, 5) is 14.5. The number of piperidine rings is 1. The topological polar surface area (TPSA) is 58.1 Å². The van der Waals surface area contributed by atoms with E-state index in [9.17, 15) is 9.18 Å². The predicted octanol–water partition coefficient (Wildman–Crippen LogP) is 3.54. The number of aromatic nitrogens is 2. The fraction of sp³-hybridized carbons (Fsp3) is 0.353. The van der Waals surface area contributed by atoms with Crippen LogP contribution in [0.5, 0.6) is 0 Å². The molecule has 126 valence electrons. The molecule has 0 radical (unpaired) electrons. The highest BCUT2D eigenvalue weighted by molar-refractivity contribution is 9.10. The lowest BCUT2D eigenvalue weighted by molar-refractivity contribution is -0.120. The highest BCUT2D eigenvalue weighted by Gasteiger charge is 2.26. The lowest BCUT2D eigenvalue weighted by Gasteiger charge is -2.31. The van der Waals surface area contributed by atoms with Crippen LogP contribution in [-0.4, -0.2) is 29.2 Å². The van der Waals surface area contributed by atoms with Crippen LogP contribution in [0, 0.1) is 18.7 Å². The molecule has 0 unspecified atom stereocenters. The van der Waals surface area contributed by atoms with Crippen LogP contribution in [0.25, 0.3) is 0 Å². The molecule has 1 N–H and O–H groups in total. The first kappa shape index (κ1) is 16.8. The molecule has 2 aromatic rings. The zero-order chi connectivity index (χ0) is 17.1. The van der Waals surface area contributed by atoms with Gasteiger partial charge in [-0.1, -0.05) is 15.9 Å². The largest absolute Gasteiger partial charge is 0.355 e. The molecule has 0 bridgehead atoms. The van der Waals surface area contributed by atoms with Gasteiger partial charge in [-0.15, -0.1) is 5.10 Å². The van der Waals surface area contributed by atoms with E-state index >= 15 is 0 Å². The minimum absolute atomic E-state index is 0.122. The SMILES string of the molecule is Cc1ccc(N2CCC(C(=O)Nc3ccc(Br)cc3F)CC2)nn1. The van der Waals surface area contributed by atoms with E-state index in [-0.39, 0.29) is 17.5 Å². The minimum Gasteiger partial charge on any atom is -0.355 e. The Kier molecular flexibility index (Phi) is 5.08. The van der Waals surface area contributed by atoms with Crippen molar-refractivity contribution >= 4 is 33.3 Å². The number of nitrogens with one attached hydrogen (secondary N) is 1. The fourth-order valence-electron chi connectivity index (χ4n) is 2.76. The summed E-state index contributed by atoms with van der Waals surface area (Å²) in [7, 11) is 0. The third kappa shape index (κ3) is 3.90. The molecule has 3 rings (SSSR count). The van der Waals surface area contributed by atoms with Crippen molar-refractivity contribution in [3.05, 3.63) is 46.3 Å². The molecule has 1 aromatic carbocycles. The third-order valence-corrected chi connectivity index (χ3v) is 4.66. The number of anilines is 2. The summed E-state index contributed by atoms with van der Waals surface area (Å²) < 4.78 is 14.5. The number of benzene rings is 1. The van der Waals surface area contributed by atoms with Crippen molar-refractivity contribution in [3.63, 3.8) is 0 Å². The summed E-state index contributed by atoms with van der Waals surface area (Å²) in [6, 6.07) is 8.48. The summed E-state index contributed by atoms with van der Waals surface area (Å²) in [5.41, 5.74) is 1.10. The number of hydrogen-bond acceptors (Lipinski definition) is 4. The van der Waals surface area contributed by atoms with Crippen LogP contribution in [0.15, 0.2) is 34.8 Å². The van der Waals surface area contributed by atoms with Crippen molar-refractivity contribution in [1.82, 2.24) is 10.2 Å². The van der Waals surface area contributed by atoms with E-state index in [2.05, 4.69) is 36.3 Å². The molecule has 1 amide bonds. The van der Waals surface area contributed by atoms with Gasteiger partial charge in [-0.25, -0.2) is 4.39 Å². The molecule has 0 aliphatic carbocycles. The van der Waals surface area contributed by atoms with Gasteiger partial charge in [0.1, 0.15) is 5.82 Å². The smallest absolute Gasteiger partial charge is 0.227 e. The number of nitrogens with zero attached hydrogens (tertiary/aromatic N) is 3. The molecule has 1 aliphatic heterocycles. The molecule has 24 heavy (non-hydrogen) atoms. The Bertz CT molecular complexity index is 730. The maximum absolute atomic E-state index is 13.8. The van der Waals surface area contributed by atoms with E-state index in [1.807, 2.05) is 19.1 Å². The molecule has 0 atom stereocenters. The molecule has 0 saturated carbocycles.